The molecular weight excluding hydrogens is 220 g/mol. The van der Waals surface area contributed by atoms with Crippen molar-refractivity contribution in [2.45, 2.75) is 32.1 Å². The van der Waals surface area contributed by atoms with E-state index in [1.54, 1.807) is 0 Å². The minimum Gasteiger partial charge on any atom is -0.149 e. The minimum atomic E-state index is 1.27. The van der Waals surface area contributed by atoms with E-state index in [4.69, 9.17) is 0 Å². The van der Waals surface area contributed by atoms with Gasteiger partial charge in [0.15, 0.2) is 0 Å². The third-order valence-electron chi connectivity index (χ3n) is 2.51. The van der Waals surface area contributed by atoms with Crippen molar-refractivity contribution in [3.8, 4) is 0 Å². The predicted octanol–water partition coefficient (Wildman–Crippen LogP) is 4.77. The van der Waals surface area contributed by atoms with Gasteiger partial charge in [0.1, 0.15) is 0 Å². The second-order valence-electron chi connectivity index (χ2n) is 3.72. The summed E-state index contributed by atoms with van der Waals surface area (Å²) in [6.07, 6.45) is 6.57. The molecule has 2 rings (SSSR count). The Bertz CT molecular complexity index is 310. The van der Waals surface area contributed by atoms with Crippen molar-refractivity contribution < 1.29 is 0 Å². The number of hydrogen-bond donors (Lipinski definition) is 0. The maximum Gasteiger partial charge on any atom is 0.00452 e. The molecule has 0 aliphatic heterocycles. The zero-order valence-corrected chi connectivity index (χ0v) is 10.4. The van der Waals surface area contributed by atoms with Crippen LogP contribution in [0.5, 0.6) is 0 Å². The maximum absolute atomic E-state index is 2.24. The molecule has 0 fully saturated rings. The van der Waals surface area contributed by atoms with Gasteiger partial charge in [0, 0.05) is 9.75 Å². The highest BCUT2D eigenvalue weighted by atomic mass is 32.1. The first-order valence-corrected chi connectivity index (χ1v) is 7.26. The van der Waals surface area contributed by atoms with Crippen molar-refractivity contribution in [1.29, 1.82) is 0 Å². The van der Waals surface area contributed by atoms with Gasteiger partial charge < -0.3 is 0 Å². The van der Waals surface area contributed by atoms with Crippen LogP contribution in [0.4, 0.5) is 0 Å². The highest BCUT2D eigenvalue weighted by Gasteiger charge is 1.96. The van der Waals surface area contributed by atoms with Gasteiger partial charge in [-0.1, -0.05) is 18.6 Å². The van der Waals surface area contributed by atoms with Crippen LogP contribution in [0.15, 0.2) is 35.0 Å². The van der Waals surface area contributed by atoms with Crippen LogP contribution in [0.1, 0.15) is 29.0 Å². The fourth-order valence-electron chi connectivity index (χ4n) is 1.68. The standard InChI is InChI=1S/C13H16S2/c1(2-6-12-8-4-10-14-12)3-7-13-9-5-11-15-13/h4-5,8-11H,1-3,6-7H2. The van der Waals surface area contributed by atoms with Gasteiger partial charge in [-0.05, 0) is 48.6 Å². The summed E-state index contributed by atoms with van der Waals surface area (Å²) >= 11 is 3.76. The molecule has 0 atom stereocenters. The van der Waals surface area contributed by atoms with Crippen LogP contribution < -0.4 is 0 Å². The van der Waals surface area contributed by atoms with Crippen LogP contribution in [0.25, 0.3) is 0 Å². The number of hydrogen-bond acceptors (Lipinski definition) is 2. The summed E-state index contributed by atoms with van der Waals surface area (Å²) in [6, 6.07) is 8.77. The van der Waals surface area contributed by atoms with E-state index in [0.29, 0.717) is 0 Å². The number of unbranched alkanes of at least 4 members (excludes halogenated alkanes) is 2. The van der Waals surface area contributed by atoms with Gasteiger partial charge >= 0.3 is 0 Å². The molecule has 2 heterocycles. The molecule has 0 N–H and O–H groups in total. The fraction of sp³-hybridized carbons (Fsp3) is 0.385. The van der Waals surface area contributed by atoms with Crippen molar-refractivity contribution >= 4 is 22.7 Å². The molecule has 0 saturated heterocycles. The average molecular weight is 236 g/mol. The van der Waals surface area contributed by atoms with Crippen molar-refractivity contribution in [3.63, 3.8) is 0 Å². The SMILES string of the molecule is c1csc(CCCCCc2cccs2)c1. The summed E-state index contributed by atoms with van der Waals surface area (Å²) < 4.78 is 0. The molecule has 0 unspecified atom stereocenters. The Morgan fingerprint density at radius 3 is 1.67 bits per heavy atom. The molecule has 0 bridgehead atoms. The third-order valence-corrected chi connectivity index (χ3v) is 4.38. The predicted molar refractivity (Wildman–Crippen MR) is 69.9 cm³/mol. The van der Waals surface area contributed by atoms with Crippen LogP contribution in [-0.2, 0) is 12.8 Å². The normalized spacial score (nSPS) is 10.7. The molecule has 0 aliphatic carbocycles. The Kier molecular flexibility index (Phi) is 4.42. The largest absolute Gasteiger partial charge is 0.149 e. The van der Waals surface area contributed by atoms with E-state index in [-0.39, 0.29) is 0 Å². The van der Waals surface area contributed by atoms with E-state index in [0.717, 1.165) is 0 Å². The second kappa shape index (κ2) is 6.09. The molecule has 0 amide bonds. The molecule has 2 aromatic rings. The van der Waals surface area contributed by atoms with Gasteiger partial charge in [0.2, 0.25) is 0 Å². The molecule has 0 spiro atoms. The van der Waals surface area contributed by atoms with Crippen LogP contribution in [0.2, 0.25) is 0 Å². The molecule has 15 heavy (non-hydrogen) atoms. The summed E-state index contributed by atoms with van der Waals surface area (Å²) in [5, 5.41) is 4.34. The Morgan fingerprint density at radius 1 is 0.733 bits per heavy atom. The summed E-state index contributed by atoms with van der Waals surface area (Å²) in [5.74, 6) is 0. The minimum absolute atomic E-state index is 1.27. The Morgan fingerprint density at radius 2 is 1.27 bits per heavy atom. The number of aryl methyl sites for hydroxylation is 2. The van der Waals surface area contributed by atoms with Crippen LogP contribution in [-0.4, -0.2) is 0 Å². The lowest BCUT2D eigenvalue weighted by molar-refractivity contribution is 0.686. The molecule has 0 saturated carbocycles. The van der Waals surface area contributed by atoms with E-state index in [9.17, 15) is 0 Å². The van der Waals surface area contributed by atoms with Gasteiger partial charge in [0.25, 0.3) is 0 Å². The summed E-state index contributed by atoms with van der Waals surface area (Å²) in [6.45, 7) is 0. The number of rotatable bonds is 6. The van der Waals surface area contributed by atoms with E-state index in [1.165, 1.54) is 41.9 Å². The Balaban J connectivity index is 1.56. The third kappa shape index (κ3) is 3.80. The number of thiophene rings is 2. The molecule has 0 radical (unpaired) electrons. The lowest BCUT2D eigenvalue weighted by Crippen LogP contribution is -1.84. The highest BCUT2D eigenvalue weighted by molar-refractivity contribution is 7.10. The molecule has 0 nitrogen and oxygen atoms in total. The topological polar surface area (TPSA) is 0 Å². The first-order chi connectivity index (χ1) is 7.45. The van der Waals surface area contributed by atoms with Gasteiger partial charge in [-0.15, -0.1) is 22.7 Å². The second-order valence-corrected chi connectivity index (χ2v) is 5.78. The smallest absolute Gasteiger partial charge is 0.00452 e. The van der Waals surface area contributed by atoms with Crippen molar-refractivity contribution in [2.24, 2.45) is 0 Å². The lowest BCUT2D eigenvalue weighted by atomic mass is 10.1. The van der Waals surface area contributed by atoms with Crippen LogP contribution >= 0.6 is 22.7 Å². The van der Waals surface area contributed by atoms with E-state index >= 15 is 0 Å². The first kappa shape index (κ1) is 10.9. The van der Waals surface area contributed by atoms with E-state index in [2.05, 4.69) is 35.0 Å². The van der Waals surface area contributed by atoms with Crippen molar-refractivity contribution in [1.82, 2.24) is 0 Å². The fourth-order valence-corrected chi connectivity index (χ4v) is 3.19. The summed E-state index contributed by atoms with van der Waals surface area (Å²) in [5.41, 5.74) is 0. The quantitative estimate of drug-likeness (QED) is 0.634. The summed E-state index contributed by atoms with van der Waals surface area (Å²) in [4.78, 5) is 3.07. The maximum atomic E-state index is 2.24. The van der Waals surface area contributed by atoms with E-state index in [1.807, 2.05) is 22.7 Å². The molecule has 80 valence electrons. The zero-order chi connectivity index (χ0) is 10.3. The average Bonchev–Trinajstić information content (AvgIpc) is 2.88. The van der Waals surface area contributed by atoms with Crippen molar-refractivity contribution in [2.75, 3.05) is 0 Å². The van der Waals surface area contributed by atoms with Gasteiger partial charge in [0.05, 0.1) is 0 Å². The Labute approximate surface area is 99.6 Å². The highest BCUT2D eigenvalue weighted by Crippen LogP contribution is 2.15. The van der Waals surface area contributed by atoms with Crippen LogP contribution in [0.3, 0.4) is 0 Å². The van der Waals surface area contributed by atoms with Crippen molar-refractivity contribution in [3.05, 3.63) is 44.8 Å². The van der Waals surface area contributed by atoms with Crippen LogP contribution in [0, 0.1) is 0 Å². The zero-order valence-electron chi connectivity index (χ0n) is 8.82. The monoisotopic (exact) mass is 236 g/mol. The van der Waals surface area contributed by atoms with Gasteiger partial charge in [-0.3, -0.25) is 0 Å². The van der Waals surface area contributed by atoms with E-state index < -0.39 is 0 Å². The molecule has 2 heteroatoms. The molecule has 0 aliphatic rings. The molecule has 2 aromatic heterocycles. The lowest BCUT2D eigenvalue weighted by Gasteiger charge is -1.98. The first-order valence-electron chi connectivity index (χ1n) is 5.50. The molecular formula is C13H16S2. The summed E-state index contributed by atoms with van der Waals surface area (Å²) in [7, 11) is 0. The van der Waals surface area contributed by atoms with Gasteiger partial charge in [-0.25, -0.2) is 0 Å². The Hall–Kier alpha value is -0.600. The molecule has 0 aromatic carbocycles. The van der Waals surface area contributed by atoms with Gasteiger partial charge in [-0.2, -0.15) is 0 Å².